The van der Waals surface area contributed by atoms with Crippen LogP contribution in [0.1, 0.15) is 21.7 Å². The Bertz CT molecular complexity index is 773. The number of aryl methyl sites for hydroxylation is 1. The Balaban J connectivity index is 1.85. The number of fused-ring (bicyclic) bond motifs is 1. The molecule has 5 nitrogen and oxygen atoms in total. The molecule has 7 heteroatoms. The lowest BCUT2D eigenvalue weighted by atomic mass is 10.1. The number of carboxylic acid groups (broad SMARTS) is 1. The fraction of sp³-hybridized carbons (Fsp3) is 0.375. The van der Waals surface area contributed by atoms with Crippen molar-refractivity contribution in [1.29, 1.82) is 0 Å². The molecular weight excluding hydrogens is 321 g/mol. The maximum absolute atomic E-state index is 13.3. The second kappa shape index (κ2) is 6.25. The van der Waals surface area contributed by atoms with Crippen LogP contribution in [-0.4, -0.2) is 47.7 Å². The van der Waals surface area contributed by atoms with E-state index in [-0.39, 0.29) is 24.7 Å². The van der Waals surface area contributed by atoms with Crippen LogP contribution in [0.25, 0.3) is 10.1 Å². The van der Waals surface area contributed by atoms with Crippen LogP contribution in [-0.2, 0) is 9.53 Å². The van der Waals surface area contributed by atoms with Gasteiger partial charge in [0.25, 0.3) is 5.91 Å². The third-order valence-electron chi connectivity index (χ3n) is 3.92. The number of nitrogens with zero attached hydrogens (tertiary/aromatic N) is 1. The molecule has 1 N–H and O–H groups in total. The largest absolute Gasteiger partial charge is 0.481 e. The number of thiophene rings is 1. The first kappa shape index (κ1) is 15.9. The summed E-state index contributed by atoms with van der Waals surface area (Å²) in [7, 11) is 0. The number of benzene rings is 1. The molecule has 122 valence electrons. The number of amides is 1. The van der Waals surface area contributed by atoms with Gasteiger partial charge in [0.1, 0.15) is 5.82 Å². The molecule has 1 unspecified atom stereocenters. The highest BCUT2D eigenvalue weighted by Gasteiger charge is 2.28. The van der Waals surface area contributed by atoms with E-state index < -0.39 is 12.1 Å². The van der Waals surface area contributed by atoms with E-state index in [0.29, 0.717) is 18.0 Å². The van der Waals surface area contributed by atoms with Crippen LogP contribution in [0.5, 0.6) is 0 Å². The summed E-state index contributed by atoms with van der Waals surface area (Å²) < 4.78 is 19.5. The summed E-state index contributed by atoms with van der Waals surface area (Å²) in [6.07, 6.45) is -0.613. The Hall–Kier alpha value is -1.99. The number of rotatable bonds is 3. The molecular formula is C16H16FNO4S. The number of ether oxygens (including phenoxy) is 1. The Morgan fingerprint density at radius 3 is 3.00 bits per heavy atom. The van der Waals surface area contributed by atoms with Crippen molar-refractivity contribution in [3.8, 4) is 0 Å². The van der Waals surface area contributed by atoms with E-state index in [9.17, 15) is 14.0 Å². The van der Waals surface area contributed by atoms with E-state index in [2.05, 4.69) is 0 Å². The smallest absolute Gasteiger partial charge is 0.306 e. The minimum absolute atomic E-state index is 0.125. The van der Waals surface area contributed by atoms with Crippen molar-refractivity contribution in [2.45, 2.75) is 19.4 Å². The lowest BCUT2D eigenvalue weighted by Crippen LogP contribution is -2.46. The third-order valence-corrected chi connectivity index (χ3v) is 5.17. The summed E-state index contributed by atoms with van der Waals surface area (Å²) in [5.41, 5.74) is 0.830. The van der Waals surface area contributed by atoms with Gasteiger partial charge in [0.2, 0.25) is 0 Å². The molecule has 1 aliphatic rings. The fourth-order valence-corrected chi connectivity index (χ4v) is 3.97. The number of halogens is 1. The molecule has 2 heterocycles. The van der Waals surface area contributed by atoms with Crippen molar-refractivity contribution in [2.24, 2.45) is 0 Å². The first-order valence-corrected chi connectivity index (χ1v) is 8.08. The van der Waals surface area contributed by atoms with E-state index in [1.807, 2.05) is 6.92 Å². The number of hydrogen-bond acceptors (Lipinski definition) is 4. The van der Waals surface area contributed by atoms with Crippen molar-refractivity contribution in [3.63, 3.8) is 0 Å². The number of hydrogen-bond donors (Lipinski definition) is 1. The topological polar surface area (TPSA) is 66.8 Å². The predicted octanol–water partition coefficient (Wildman–Crippen LogP) is 2.66. The summed E-state index contributed by atoms with van der Waals surface area (Å²) in [6.45, 7) is 2.85. The van der Waals surface area contributed by atoms with E-state index in [1.165, 1.54) is 23.5 Å². The molecule has 2 aromatic rings. The third kappa shape index (κ3) is 3.20. The van der Waals surface area contributed by atoms with Gasteiger partial charge in [-0.15, -0.1) is 11.3 Å². The summed E-state index contributed by atoms with van der Waals surface area (Å²) >= 11 is 1.27. The molecule has 1 aromatic carbocycles. The van der Waals surface area contributed by atoms with Crippen molar-refractivity contribution in [2.75, 3.05) is 19.7 Å². The fourth-order valence-electron chi connectivity index (χ4n) is 2.77. The molecule has 3 rings (SSSR count). The second-order valence-corrected chi connectivity index (χ2v) is 6.59. The normalized spacial score (nSPS) is 18.3. The standard InChI is InChI=1S/C16H16FNO4S/c1-9-12-3-2-10(17)6-13(12)23-15(9)16(21)18-4-5-22-11(8-18)7-14(19)20/h2-3,6,11H,4-5,7-8H2,1H3,(H,19,20). The van der Waals surface area contributed by atoms with Crippen molar-refractivity contribution in [1.82, 2.24) is 4.90 Å². The Morgan fingerprint density at radius 1 is 1.48 bits per heavy atom. The number of aliphatic carboxylic acids is 1. The second-order valence-electron chi connectivity index (χ2n) is 5.54. The number of carboxylic acids is 1. The molecule has 1 atom stereocenters. The highest BCUT2D eigenvalue weighted by molar-refractivity contribution is 7.21. The monoisotopic (exact) mass is 337 g/mol. The SMILES string of the molecule is Cc1c(C(=O)N2CCOC(CC(=O)O)C2)sc2cc(F)ccc12. The van der Waals surface area contributed by atoms with Crippen LogP contribution < -0.4 is 0 Å². The van der Waals surface area contributed by atoms with Gasteiger partial charge >= 0.3 is 5.97 Å². The van der Waals surface area contributed by atoms with Crippen LogP contribution in [0.3, 0.4) is 0 Å². The van der Waals surface area contributed by atoms with E-state index in [1.54, 1.807) is 11.0 Å². The number of carbonyl (C=O) groups is 2. The van der Waals surface area contributed by atoms with Gasteiger partial charge in [0.15, 0.2) is 0 Å². The van der Waals surface area contributed by atoms with Gasteiger partial charge in [-0.2, -0.15) is 0 Å². The molecule has 1 aromatic heterocycles. The number of morpholine rings is 1. The lowest BCUT2D eigenvalue weighted by molar-refractivity contribution is -0.141. The zero-order valence-corrected chi connectivity index (χ0v) is 13.4. The molecule has 0 saturated carbocycles. The molecule has 0 aliphatic carbocycles. The first-order chi connectivity index (χ1) is 11.0. The zero-order valence-electron chi connectivity index (χ0n) is 12.5. The Kier molecular flexibility index (Phi) is 4.32. The highest BCUT2D eigenvalue weighted by atomic mass is 32.1. The summed E-state index contributed by atoms with van der Waals surface area (Å²) in [4.78, 5) is 25.7. The minimum Gasteiger partial charge on any atom is -0.481 e. The average molecular weight is 337 g/mol. The van der Waals surface area contributed by atoms with Crippen LogP contribution in [0.2, 0.25) is 0 Å². The Morgan fingerprint density at radius 2 is 2.26 bits per heavy atom. The zero-order chi connectivity index (χ0) is 16.6. The Labute approximate surface area is 136 Å². The van der Waals surface area contributed by atoms with Gasteiger partial charge in [-0.05, 0) is 30.0 Å². The van der Waals surface area contributed by atoms with Crippen molar-refractivity contribution >= 4 is 33.3 Å². The lowest BCUT2D eigenvalue weighted by Gasteiger charge is -2.32. The summed E-state index contributed by atoms with van der Waals surface area (Å²) in [6, 6.07) is 4.49. The van der Waals surface area contributed by atoms with E-state index in [0.717, 1.165) is 15.6 Å². The highest BCUT2D eigenvalue weighted by Crippen LogP contribution is 2.32. The molecule has 0 spiro atoms. The summed E-state index contributed by atoms with van der Waals surface area (Å²) in [5, 5.41) is 9.73. The molecule has 0 radical (unpaired) electrons. The van der Waals surface area contributed by atoms with Gasteiger partial charge in [-0.25, -0.2) is 4.39 Å². The van der Waals surface area contributed by atoms with Crippen molar-refractivity contribution in [3.05, 3.63) is 34.5 Å². The quantitative estimate of drug-likeness (QED) is 0.935. The van der Waals surface area contributed by atoms with E-state index in [4.69, 9.17) is 9.84 Å². The van der Waals surface area contributed by atoms with Crippen LogP contribution in [0.15, 0.2) is 18.2 Å². The molecule has 0 bridgehead atoms. The van der Waals surface area contributed by atoms with Crippen molar-refractivity contribution < 1.29 is 23.8 Å². The van der Waals surface area contributed by atoms with Gasteiger partial charge in [0, 0.05) is 17.8 Å². The van der Waals surface area contributed by atoms with Gasteiger partial charge in [0.05, 0.1) is 24.0 Å². The van der Waals surface area contributed by atoms with Crippen LogP contribution >= 0.6 is 11.3 Å². The molecule has 1 amide bonds. The van der Waals surface area contributed by atoms with Crippen LogP contribution in [0.4, 0.5) is 4.39 Å². The first-order valence-electron chi connectivity index (χ1n) is 7.27. The van der Waals surface area contributed by atoms with Crippen LogP contribution in [0, 0.1) is 12.7 Å². The van der Waals surface area contributed by atoms with Gasteiger partial charge in [-0.3, -0.25) is 9.59 Å². The maximum atomic E-state index is 13.3. The summed E-state index contributed by atoms with van der Waals surface area (Å²) in [5.74, 6) is -1.42. The van der Waals surface area contributed by atoms with Gasteiger partial charge < -0.3 is 14.7 Å². The molecule has 1 saturated heterocycles. The predicted molar refractivity (Wildman–Crippen MR) is 84.4 cm³/mol. The minimum atomic E-state index is -0.946. The molecule has 1 fully saturated rings. The van der Waals surface area contributed by atoms with Gasteiger partial charge in [-0.1, -0.05) is 6.07 Å². The molecule has 23 heavy (non-hydrogen) atoms. The number of carbonyl (C=O) groups excluding carboxylic acids is 1. The molecule has 1 aliphatic heterocycles. The van der Waals surface area contributed by atoms with E-state index >= 15 is 0 Å². The maximum Gasteiger partial charge on any atom is 0.306 e. The average Bonchev–Trinajstić information content (AvgIpc) is 2.82.